The maximum absolute atomic E-state index is 13.1. The fourth-order valence-electron chi connectivity index (χ4n) is 4.02. The Kier molecular flexibility index (Phi) is 6.38. The van der Waals surface area contributed by atoms with Gasteiger partial charge in [0.15, 0.2) is 0 Å². The summed E-state index contributed by atoms with van der Waals surface area (Å²) in [6.07, 6.45) is 0.646. The average Bonchev–Trinajstić information content (AvgIpc) is 2.74. The second-order valence-corrected chi connectivity index (χ2v) is 8.44. The Hall–Kier alpha value is -2.08. The first-order valence-corrected chi connectivity index (χ1v) is 10.7. The standard InChI is InChI=1S/C23H27ClN2O3/c1-16-2-4-17(5-3-16)21(14-26-8-10-28-11-9-26)25-23(27)19-12-18-13-20(24)6-7-22(18)29-15-19/h2-7,13,19,21H,8-12,14-15H2,1H3,(H,25,27)/p+1/t19-,21-/m0/s1. The van der Waals surface area contributed by atoms with E-state index in [4.69, 9.17) is 21.1 Å². The first-order valence-electron chi connectivity index (χ1n) is 10.3. The highest BCUT2D eigenvalue weighted by atomic mass is 35.5. The number of aryl methyl sites for hydroxylation is 1. The second kappa shape index (κ2) is 9.16. The van der Waals surface area contributed by atoms with Crippen LogP contribution in [0.2, 0.25) is 5.02 Å². The van der Waals surface area contributed by atoms with Crippen molar-refractivity contribution in [2.24, 2.45) is 5.92 Å². The molecular formula is C23H28ClN2O3+. The lowest BCUT2D eigenvalue weighted by molar-refractivity contribution is -0.909. The van der Waals surface area contributed by atoms with E-state index in [0.29, 0.717) is 18.1 Å². The summed E-state index contributed by atoms with van der Waals surface area (Å²) in [5, 5.41) is 3.97. The van der Waals surface area contributed by atoms with E-state index in [0.717, 1.165) is 49.7 Å². The van der Waals surface area contributed by atoms with Crippen molar-refractivity contribution in [3.63, 3.8) is 0 Å². The summed E-state index contributed by atoms with van der Waals surface area (Å²) in [6.45, 7) is 6.81. The molecule has 2 aliphatic heterocycles. The van der Waals surface area contributed by atoms with Gasteiger partial charge in [-0.25, -0.2) is 0 Å². The molecule has 0 aliphatic carbocycles. The first-order chi connectivity index (χ1) is 14.1. The Morgan fingerprint density at radius 3 is 2.72 bits per heavy atom. The molecule has 2 heterocycles. The van der Waals surface area contributed by atoms with Crippen molar-refractivity contribution in [2.75, 3.05) is 39.5 Å². The van der Waals surface area contributed by atoms with E-state index in [9.17, 15) is 4.79 Å². The molecule has 0 unspecified atom stereocenters. The molecule has 29 heavy (non-hydrogen) atoms. The summed E-state index contributed by atoms with van der Waals surface area (Å²) in [5.41, 5.74) is 3.35. The molecule has 154 valence electrons. The number of rotatable bonds is 5. The number of hydrogen-bond donors (Lipinski definition) is 2. The molecule has 2 N–H and O–H groups in total. The van der Waals surface area contributed by atoms with Crippen LogP contribution in [0.25, 0.3) is 0 Å². The summed E-state index contributed by atoms with van der Waals surface area (Å²) in [6, 6.07) is 14.0. The van der Waals surface area contributed by atoms with Gasteiger partial charge in [-0.2, -0.15) is 0 Å². The number of amides is 1. The number of nitrogens with one attached hydrogen (secondary N) is 2. The molecule has 0 spiro atoms. The molecule has 0 aromatic heterocycles. The van der Waals surface area contributed by atoms with Crippen molar-refractivity contribution < 1.29 is 19.2 Å². The zero-order valence-corrected chi connectivity index (χ0v) is 17.5. The van der Waals surface area contributed by atoms with Crippen LogP contribution in [0.3, 0.4) is 0 Å². The van der Waals surface area contributed by atoms with Gasteiger partial charge in [-0.3, -0.25) is 4.79 Å². The molecule has 4 rings (SSSR count). The molecule has 2 aromatic rings. The fraction of sp³-hybridized carbons (Fsp3) is 0.435. The van der Waals surface area contributed by atoms with Gasteiger partial charge in [0.1, 0.15) is 38.0 Å². The second-order valence-electron chi connectivity index (χ2n) is 8.00. The van der Waals surface area contributed by atoms with Crippen LogP contribution in [0.1, 0.15) is 22.7 Å². The summed E-state index contributed by atoms with van der Waals surface area (Å²) < 4.78 is 11.3. The minimum Gasteiger partial charge on any atom is -0.492 e. The molecule has 0 saturated carbocycles. The zero-order chi connectivity index (χ0) is 20.2. The van der Waals surface area contributed by atoms with Crippen LogP contribution in [-0.2, 0) is 16.0 Å². The minimum absolute atomic E-state index is 0.0306. The zero-order valence-electron chi connectivity index (χ0n) is 16.7. The Bertz CT molecular complexity index is 850. The molecule has 2 aromatic carbocycles. The van der Waals surface area contributed by atoms with Gasteiger partial charge in [-0.1, -0.05) is 41.4 Å². The molecule has 0 bridgehead atoms. The lowest BCUT2D eigenvalue weighted by Crippen LogP contribution is -3.14. The quantitative estimate of drug-likeness (QED) is 0.785. The molecule has 2 atom stereocenters. The number of carbonyl (C=O) groups excluding carboxylic acids is 1. The lowest BCUT2D eigenvalue weighted by atomic mass is 9.95. The number of quaternary nitrogens is 1. The highest BCUT2D eigenvalue weighted by Gasteiger charge is 2.30. The molecule has 1 saturated heterocycles. The van der Waals surface area contributed by atoms with E-state index in [-0.39, 0.29) is 17.9 Å². The van der Waals surface area contributed by atoms with Crippen molar-refractivity contribution >= 4 is 17.5 Å². The molecule has 5 nitrogen and oxygen atoms in total. The Balaban J connectivity index is 1.47. The van der Waals surface area contributed by atoms with Crippen LogP contribution < -0.4 is 15.0 Å². The Morgan fingerprint density at radius 2 is 1.97 bits per heavy atom. The summed E-state index contributed by atoms with van der Waals surface area (Å²) in [7, 11) is 0. The number of hydrogen-bond acceptors (Lipinski definition) is 3. The summed E-state index contributed by atoms with van der Waals surface area (Å²) in [4.78, 5) is 14.6. The Labute approximate surface area is 176 Å². The third-order valence-electron chi connectivity index (χ3n) is 5.79. The van der Waals surface area contributed by atoms with Crippen LogP contribution in [-0.4, -0.2) is 45.4 Å². The van der Waals surface area contributed by atoms with Crippen LogP contribution in [0, 0.1) is 12.8 Å². The van der Waals surface area contributed by atoms with Crippen LogP contribution in [0.15, 0.2) is 42.5 Å². The first kappa shape index (κ1) is 20.2. The van der Waals surface area contributed by atoms with Gasteiger partial charge in [0, 0.05) is 5.02 Å². The molecule has 0 radical (unpaired) electrons. The number of morpholine rings is 1. The number of benzene rings is 2. The summed E-state index contributed by atoms with van der Waals surface area (Å²) in [5.74, 6) is 0.647. The van der Waals surface area contributed by atoms with Crippen molar-refractivity contribution in [3.8, 4) is 5.75 Å². The van der Waals surface area contributed by atoms with E-state index in [1.54, 1.807) is 0 Å². The smallest absolute Gasteiger partial charge is 0.227 e. The number of carbonyl (C=O) groups is 1. The van der Waals surface area contributed by atoms with Crippen molar-refractivity contribution in [3.05, 3.63) is 64.2 Å². The maximum atomic E-state index is 13.1. The normalized spacial score (nSPS) is 20.4. The van der Waals surface area contributed by atoms with E-state index < -0.39 is 0 Å². The highest BCUT2D eigenvalue weighted by molar-refractivity contribution is 6.30. The van der Waals surface area contributed by atoms with E-state index in [1.807, 2.05) is 18.2 Å². The summed E-state index contributed by atoms with van der Waals surface area (Å²) >= 11 is 6.12. The van der Waals surface area contributed by atoms with Crippen molar-refractivity contribution in [2.45, 2.75) is 19.4 Å². The molecule has 6 heteroatoms. The van der Waals surface area contributed by atoms with Gasteiger partial charge >= 0.3 is 0 Å². The van der Waals surface area contributed by atoms with Gasteiger partial charge < -0.3 is 19.7 Å². The largest absolute Gasteiger partial charge is 0.492 e. The third kappa shape index (κ3) is 5.10. The number of ether oxygens (including phenoxy) is 2. The third-order valence-corrected chi connectivity index (χ3v) is 6.02. The SMILES string of the molecule is Cc1ccc([C@H](C[NH+]2CCOCC2)NC(=O)[C@@H]2COc3ccc(Cl)cc3C2)cc1. The van der Waals surface area contributed by atoms with E-state index >= 15 is 0 Å². The molecule has 1 fully saturated rings. The van der Waals surface area contributed by atoms with Crippen LogP contribution >= 0.6 is 11.6 Å². The topological polar surface area (TPSA) is 52.0 Å². The number of fused-ring (bicyclic) bond motifs is 1. The molecule has 2 aliphatic rings. The predicted molar refractivity (Wildman–Crippen MR) is 113 cm³/mol. The van der Waals surface area contributed by atoms with E-state index in [1.165, 1.54) is 10.5 Å². The van der Waals surface area contributed by atoms with Crippen LogP contribution in [0.5, 0.6) is 5.75 Å². The van der Waals surface area contributed by atoms with Gasteiger partial charge in [0.2, 0.25) is 5.91 Å². The minimum atomic E-state index is -0.214. The van der Waals surface area contributed by atoms with E-state index in [2.05, 4.69) is 36.5 Å². The monoisotopic (exact) mass is 415 g/mol. The number of halogens is 1. The van der Waals surface area contributed by atoms with Crippen molar-refractivity contribution in [1.82, 2.24) is 5.32 Å². The van der Waals surface area contributed by atoms with Crippen molar-refractivity contribution in [1.29, 1.82) is 0 Å². The predicted octanol–water partition coefficient (Wildman–Crippen LogP) is 1.97. The average molecular weight is 416 g/mol. The van der Waals surface area contributed by atoms with Gasteiger partial charge in [-0.05, 0) is 42.7 Å². The molecule has 1 amide bonds. The van der Waals surface area contributed by atoms with Gasteiger partial charge in [-0.15, -0.1) is 0 Å². The Morgan fingerprint density at radius 1 is 1.21 bits per heavy atom. The lowest BCUT2D eigenvalue weighted by Gasteiger charge is -2.30. The highest BCUT2D eigenvalue weighted by Crippen LogP contribution is 2.30. The van der Waals surface area contributed by atoms with Gasteiger partial charge in [0.25, 0.3) is 0 Å². The van der Waals surface area contributed by atoms with Crippen LogP contribution in [0.4, 0.5) is 0 Å². The fourth-order valence-corrected chi connectivity index (χ4v) is 4.22. The molecular weight excluding hydrogens is 388 g/mol. The maximum Gasteiger partial charge on any atom is 0.227 e. The van der Waals surface area contributed by atoms with Gasteiger partial charge in [0.05, 0.1) is 19.1 Å².